The van der Waals surface area contributed by atoms with E-state index in [1.54, 1.807) is 0 Å². The molecule has 6 heteroatoms. The maximum atomic E-state index is 11.9. The predicted molar refractivity (Wildman–Crippen MR) is 71.4 cm³/mol. The maximum Gasteiger partial charge on any atom is 0.234 e. The summed E-state index contributed by atoms with van der Waals surface area (Å²) in [4.78, 5) is 16.2. The third-order valence-corrected chi connectivity index (χ3v) is 3.49. The summed E-state index contributed by atoms with van der Waals surface area (Å²) in [5.74, 6) is 1.25. The fraction of sp³-hybridized carbons (Fsp3) is 0.308. The van der Waals surface area contributed by atoms with Crippen molar-refractivity contribution < 1.29 is 4.79 Å². The molecule has 2 aromatic rings. The van der Waals surface area contributed by atoms with Crippen molar-refractivity contribution in [2.24, 2.45) is 5.73 Å². The number of nitrogens with one attached hydrogen (secondary N) is 2. The highest BCUT2D eigenvalue weighted by atomic mass is 16.2. The number of rotatable bonds is 2. The van der Waals surface area contributed by atoms with Gasteiger partial charge in [-0.1, -0.05) is 0 Å². The van der Waals surface area contributed by atoms with Crippen LogP contribution in [0.2, 0.25) is 0 Å². The molecule has 0 aliphatic carbocycles. The van der Waals surface area contributed by atoms with Crippen LogP contribution in [0.3, 0.4) is 0 Å². The van der Waals surface area contributed by atoms with Gasteiger partial charge in [-0.2, -0.15) is 5.10 Å². The maximum absolute atomic E-state index is 11.9. The lowest BCUT2D eigenvalue weighted by Crippen LogP contribution is -2.26. The van der Waals surface area contributed by atoms with Gasteiger partial charge >= 0.3 is 0 Å². The van der Waals surface area contributed by atoms with E-state index in [1.807, 2.05) is 32.0 Å². The van der Waals surface area contributed by atoms with Gasteiger partial charge in [0.25, 0.3) is 0 Å². The van der Waals surface area contributed by atoms with Gasteiger partial charge in [0.2, 0.25) is 5.91 Å². The molecule has 1 aliphatic rings. The largest absolute Gasteiger partial charge is 0.325 e. The second-order valence-electron chi connectivity index (χ2n) is 5.15. The summed E-state index contributed by atoms with van der Waals surface area (Å²) in [6, 6.07) is 5.73. The third-order valence-electron chi connectivity index (χ3n) is 3.49. The van der Waals surface area contributed by atoms with Gasteiger partial charge in [0.05, 0.1) is 12.0 Å². The Hall–Kier alpha value is -2.21. The molecule has 0 atom stereocenters. The molecule has 1 aromatic heterocycles. The number of aromatic amines is 1. The first-order valence-electron chi connectivity index (χ1n) is 6.10. The Morgan fingerprint density at radius 3 is 2.84 bits per heavy atom. The molecular weight excluding hydrogens is 242 g/mol. The highest BCUT2D eigenvalue weighted by molar-refractivity contribution is 6.06. The number of nitrogens with two attached hydrogens (primary N) is 1. The summed E-state index contributed by atoms with van der Waals surface area (Å²) in [5, 5.41) is 9.79. The summed E-state index contributed by atoms with van der Waals surface area (Å²) >= 11 is 0. The van der Waals surface area contributed by atoms with E-state index in [2.05, 4.69) is 20.5 Å². The van der Waals surface area contributed by atoms with Crippen LogP contribution in [0.15, 0.2) is 18.2 Å². The molecule has 1 amide bonds. The lowest BCUT2D eigenvalue weighted by atomic mass is 9.85. The van der Waals surface area contributed by atoms with E-state index in [0.29, 0.717) is 18.2 Å². The Kier molecular flexibility index (Phi) is 2.43. The number of H-pyrrole nitrogens is 1. The lowest BCUT2D eigenvalue weighted by molar-refractivity contribution is -0.119. The Morgan fingerprint density at radius 1 is 1.37 bits per heavy atom. The average Bonchev–Trinajstić information content (AvgIpc) is 2.94. The van der Waals surface area contributed by atoms with E-state index < -0.39 is 5.41 Å². The average molecular weight is 257 g/mol. The van der Waals surface area contributed by atoms with Crippen molar-refractivity contribution >= 4 is 11.6 Å². The number of nitrogens with zero attached hydrogens (tertiary/aromatic N) is 2. The van der Waals surface area contributed by atoms with E-state index in [4.69, 9.17) is 5.73 Å². The van der Waals surface area contributed by atoms with Gasteiger partial charge in [0.15, 0.2) is 5.82 Å². The smallest absolute Gasteiger partial charge is 0.234 e. The second-order valence-corrected chi connectivity index (χ2v) is 5.15. The highest BCUT2D eigenvalue weighted by Gasteiger charge is 2.38. The number of anilines is 1. The number of hydrogen-bond donors (Lipinski definition) is 3. The standard InChI is InChI=1S/C13H15N5O/c1-13(2)8-5-7(3-4-9(8)15-12(13)19)11-16-10(6-14)17-18-11/h3-5H,6,14H2,1-2H3,(H,15,19)(H,16,17,18). The predicted octanol–water partition coefficient (Wildman–Crippen LogP) is 1.16. The van der Waals surface area contributed by atoms with Crippen LogP contribution in [0.5, 0.6) is 0 Å². The fourth-order valence-electron chi connectivity index (χ4n) is 2.23. The van der Waals surface area contributed by atoms with Crippen molar-refractivity contribution in [1.82, 2.24) is 15.2 Å². The zero-order chi connectivity index (χ0) is 13.6. The van der Waals surface area contributed by atoms with Crippen molar-refractivity contribution in [3.63, 3.8) is 0 Å². The Morgan fingerprint density at radius 2 is 2.16 bits per heavy atom. The molecule has 2 heterocycles. The number of hydrogen-bond acceptors (Lipinski definition) is 4. The SMILES string of the molecule is CC1(C)C(=O)Nc2ccc(-c3n[nH]c(CN)n3)cc21. The van der Waals surface area contributed by atoms with Gasteiger partial charge < -0.3 is 11.1 Å². The Balaban J connectivity index is 2.07. The number of carbonyl (C=O) groups excluding carboxylic acids is 1. The van der Waals surface area contributed by atoms with Crippen molar-refractivity contribution in [3.8, 4) is 11.4 Å². The highest BCUT2D eigenvalue weighted by Crippen LogP contribution is 2.38. The number of aromatic nitrogens is 3. The number of carbonyl (C=O) groups is 1. The molecule has 0 saturated heterocycles. The van der Waals surface area contributed by atoms with Crippen LogP contribution in [0.1, 0.15) is 25.2 Å². The fourth-order valence-corrected chi connectivity index (χ4v) is 2.23. The molecule has 0 fully saturated rings. The molecule has 0 spiro atoms. The summed E-state index contributed by atoms with van der Waals surface area (Å²) < 4.78 is 0. The van der Waals surface area contributed by atoms with Crippen molar-refractivity contribution in [2.45, 2.75) is 25.8 Å². The molecule has 6 nitrogen and oxygen atoms in total. The molecule has 1 aromatic carbocycles. The minimum absolute atomic E-state index is 0.0114. The third kappa shape index (κ3) is 1.72. The second kappa shape index (κ2) is 3.89. The summed E-state index contributed by atoms with van der Waals surface area (Å²) in [7, 11) is 0. The van der Waals surface area contributed by atoms with Gasteiger partial charge in [-0.3, -0.25) is 9.89 Å². The van der Waals surface area contributed by atoms with Gasteiger partial charge in [0, 0.05) is 11.3 Å². The Labute approximate surface area is 110 Å². The van der Waals surface area contributed by atoms with Crippen LogP contribution in [0.4, 0.5) is 5.69 Å². The first-order chi connectivity index (χ1) is 9.02. The first-order valence-corrected chi connectivity index (χ1v) is 6.10. The summed E-state index contributed by atoms with van der Waals surface area (Å²) in [6.45, 7) is 4.13. The normalized spacial score (nSPS) is 16.3. The molecule has 19 heavy (non-hydrogen) atoms. The van der Waals surface area contributed by atoms with Gasteiger partial charge in [0.1, 0.15) is 5.82 Å². The monoisotopic (exact) mass is 257 g/mol. The first kappa shape index (κ1) is 11.9. The lowest BCUT2D eigenvalue weighted by Gasteiger charge is -2.15. The molecule has 0 unspecified atom stereocenters. The van der Waals surface area contributed by atoms with Crippen molar-refractivity contribution in [2.75, 3.05) is 5.32 Å². The van der Waals surface area contributed by atoms with Crippen LogP contribution < -0.4 is 11.1 Å². The summed E-state index contributed by atoms with van der Waals surface area (Å²) in [6.07, 6.45) is 0. The van der Waals surface area contributed by atoms with Gasteiger partial charge in [-0.05, 0) is 37.6 Å². The molecule has 0 bridgehead atoms. The molecule has 1 aliphatic heterocycles. The van der Waals surface area contributed by atoms with Crippen molar-refractivity contribution in [3.05, 3.63) is 29.6 Å². The minimum Gasteiger partial charge on any atom is -0.325 e. The van der Waals surface area contributed by atoms with Crippen LogP contribution in [-0.2, 0) is 16.8 Å². The number of fused-ring (bicyclic) bond motifs is 1. The minimum atomic E-state index is -0.529. The van der Waals surface area contributed by atoms with E-state index in [0.717, 1.165) is 16.8 Å². The van der Waals surface area contributed by atoms with E-state index >= 15 is 0 Å². The van der Waals surface area contributed by atoms with E-state index in [9.17, 15) is 4.79 Å². The molecule has 0 radical (unpaired) electrons. The molecule has 0 saturated carbocycles. The van der Waals surface area contributed by atoms with Crippen LogP contribution in [0, 0.1) is 0 Å². The van der Waals surface area contributed by atoms with Gasteiger partial charge in [-0.25, -0.2) is 4.98 Å². The number of amides is 1. The zero-order valence-corrected chi connectivity index (χ0v) is 10.8. The molecule has 4 N–H and O–H groups in total. The quantitative estimate of drug-likeness (QED) is 0.752. The molecular formula is C13H15N5O. The van der Waals surface area contributed by atoms with Gasteiger partial charge in [-0.15, -0.1) is 0 Å². The molecule has 98 valence electrons. The molecule has 3 rings (SSSR count). The zero-order valence-electron chi connectivity index (χ0n) is 10.8. The van der Waals surface area contributed by atoms with E-state index in [-0.39, 0.29) is 5.91 Å². The topological polar surface area (TPSA) is 96.7 Å². The van der Waals surface area contributed by atoms with Crippen molar-refractivity contribution in [1.29, 1.82) is 0 Å². The van der Waals surface area contributed by atoms with Crippen LogP contribution >= 0.6 is 0 Å². The number of benzene rings is 1. The van der Waals surface area contributed by atoms with E-state index in [1.165, 1.54) is 0 Å². The van der Waals surface area contributed by atoms with Crippen LogP contribution in [0.25, 0.3) is 11.4 Å². The summed E-state index contributed by atoms with van der Waals surface area (Å²) in [5.41, 5.74) is 7.67. The van der Waals surface area contributed by atoms with Crippen LogP contribution in [-0.4, -0.2) is 21.1 Å². The Bertz CT molecular complexity index is 659.